The monoisotopic (exact) mass is 287 g/mol. The van der Waals surface area contributed by atoms with E-state index in [1.165, 1.54) is 50.5 Å². The molecule has 1 aliphatic rings. The molecule has 0 bridgehead atoms. The van der Waals surface area contributed by atoms with Crippen molar-refractivity contribution < 1.29 is 0 Å². The predicted molar refractivity (Wildman–Crippen MR) is 92.3 cm³/mol. The smallest absolute Gasteiger partial charge is 0.0208 e. The Labute approximate surface area is 131 Å². The van der Waals surface area contributed by atoms with Gasteiger partial charge in [-0.25, -0.2) is 0 Å². The molecule has 0 amide bonds. The highest BCUT2D eigenvalue weighted by molar-refractivity contribution is 5.14. The maximum atomic E-state index is 3.74. The SMILES string of the molecule is CC(C)(C)CCCC[C@@H]1CCC(NCc2ccccc2)C1. The van der Waals surface area contributed by atoms with E-state index in [0.717, 1.165) is 18.5 Å². The maximum Gasteiger partial charge on any atom is 0.0208 e. The highest BCUT2D eigenvalue weighted by Gasteiger charge is 2.23. The van der Waals surface area contributed by atoms with Gasteiger partial charge in [-0.3, -0.25) is 0 Å². The van der Waals surface area contributed by atoms with Gasteiger partial charge in [-0.1, -0.05) is 70.4 Å². The fourth-order valence-corrected chi connectivity index (χ4v) is 3.47. The summed E-state index contributed by atoms with van der Waals surface area (Å²) in [5.74, 6) is 0.971. The number of benzene rings is 1. The molecular formula is C20H33N. The summed E-state index contributed by atoms with van der Waals surface area (Å²) in [4.78, 5) is 0. The summed E-state index contributed by atoms with van der Waals surface area (Å²) in [5.41, 5.74) is 1.92. The van der Waals surface area contributed by atoms with Crippen LogP contribution in [0.2, 0.25) is 0 Å². The fourth-order valence-electron chi connectivity index (χ4n) is 3.47. The molecule has 1 saturated carbocycles. The molecule has 2 atom stereocenters. The Morgan fingerprint density at radius 3 is 2.52 bits per heavy atom. The summed E-state index contributed by atoms with van der Waals surface area (Å²) in [6.45, 7) is 8.09. The van der Waals surface area contributed by atoms with Crippen LogP contribution in [0.5, 0.6) is 0 Å². The average Bonchev–Trinajstić information content (AvgIpc) is 2.89. The Kier molecular flexibility index (Phi) is 6.29. The molecule has 1 fully saturated rings. The predicted octanol–water partition coefficient (Wildman–Crippen LogP) is 5.55. The molecule has 1 aromatic rings. The number of hydrogen-bond acceptors (Lipinski definition) is 1. The third-order valence-corrected chi connectivity index (χ3v) is 4.77. The summed E-state index contributed by atoms with van der Waals surface area (Å²) < 4.78 is 0. The van der Waals surface area contributed by atoms with Crippen LogP contribution in [0, 0.1) is 11.3 Å². The molecule has 2 rings (SSSR count). The first kappa shape index (κ1) is 16.5. The zero-order chi connectivity index (χ0) is 15.1. The Morgan fingerprint density at radius 1 is 1.05 bits per heavy atom. The Balaban J connectivity index is 1.58. The lowest BCUT2D eigenvalue weighted by atomic mass is 9.88. The average molecular weight is 287 g/mol. The molecule has 1 nitrogen and oxygen atoms in total. The van der Waals surface area contributed by atoms with Gasteiger partial charge in [-0.05, 0) is 42.6 Å². The van der Waals surface area contributed by atoms with Crippen LogP contribution >= 0.6 is 0 Å². The van der Waals surface area contributed by atoms with Gasteiger partial charge in [-0.15, -0.1) is 0 Å². The van der Waals surface area contributed by atoms with Crippen molar-refractivity contribution >= 4 is 0 Å². The molecule has 0 radical (unpaired) electrons. The molecule has 1 aromatic carbocycles. The zero-order valence-electron chi connectivity index (χ0n) is 14.2. The first-order valence-electron chi connectivity index (χ1n) is 8.80. The number of nitrogens with one attached hydrogen (secondary N) is 1. The van der Waals surface area contributed by atoms with Gasteiger partial charge in [0.15, 0.2) is 0 Å². The molecule has 1 N–H and O–H groups in total. The molecular weight excluding hydrogens is 254 g/mol. The van der Waals surface area contributed by atoms with E-state index in [9.17, 15) is 0 Å². The van der Waals surface area contributed by atoms with E-state index in [0.29, 0.717) is 5.41 Å². The third-order valence-electron chi connectivity index (χ3n) is 4.77. The molecule has 118 valence electrons. The van der Waals surface area contributed by atoms with Crippen molar-refractivity contribution in [2.24, 2.45) is 11.3 Å². The first-order chi connectivity index (χ1) is 10.0. The minimum Gasteiger partial charge on any atom is -0.310 e. The second kappa shape index (κ2) is 7.98. The lowest BCUT2D eigenvalue weighted by molar-refractivity contribution is 0.345. The minimum atomic E-state index is 0.509. The van der Waals surface area contributed by atoms with Crippen molar-refractivity contribution in [2.75, 3.05) is 0 Å². The van der Waals surface area contributed by atoms with Crippen LogP contribution in [-0.4, -0.2) is 6.04 Å². The molecule has 0 aliphatic heterocycles. The van der Waals surface area contributed by atoms with Crippen molar-refractivity contribution in [3.05, 3.63) is 35.9 Å². The van der Waals surface area contributed by atoms with Crippen LogP contribution in [0.3, 0.4) is 0 Å². The Hall–Kier alpha value is -0.820. The minimum absolute atomic E-state index is 0.509. The lowest BCUT2D eigenvalue weighted by Crippen LogP contribution is -2.25. The standard InChI is InChI=1S/C20H33N/c1-20(2,3)14-8-7-9-17-12-13-19(15-17)21-16-18-10-5-4-6-11-18/h4-6,10-11,17,19,21H,7-9,12-16H2,1-3H3/t17-,19?/m1/s1. The van der Waals surface area contributed by atoms with Gasteiger partial charge in [0.1, 0.15) is 0 Å². The van der Waals surface area contributed by atoms with Crippen LogP contribution in [0.4, 0.5) is 0 Å². The lowest BCUT2D eigenvalue weighted by Gasteiger charge is -2.18. The highest BCUT2D eigenvalue weighted by Crippen LogP contribution is 2.31. The largest absolute Gasteiger partial charge is 0.310 e. The van der Waals surface area contributed by atoms with E-state index in [2.05, 4.69) is 56.4 Å². The number of rotatable bonds is 7. The van der Waals surface area contributed by atoms with Crippen molar-refractivity contribution in [3.63, 3.8) is 0 Å². The van der Waals surface area contributed by atoms with Crippen molar-refractivity contribution in [2.45, 2.75) is 78.3 Å². The van der Waals surface area contributed by atoms with Gasteiger partial charge in [0.05, 0.1) is 0 Å². The van der Waals surface area contributed by atoms with Gasteiger partial charge < -0.3 is 5.32 Å². The van der Waals surface area contributed by atoms with E-state index in [1.54, 1.807) is 0 Å². The maximum absolute atomic E-state index is 3.74. The molecule has 0 saturated heterocycles. The summed E-state index contributed by atoms with van der Waals surface area (Å²) in [6.07, 6.45) is 9.84. The van der Waals surface area contributed by atoms with Crippen molar-refractivity contribution in [1.29, 1.82) is 0 Å². The second-order valence-electron chi connectivity index (χ2n) is 8.05. The molecule has 0 aromatic heterocycles. The van der Waals surface area contributed by atoms with Gasteiger partial charge in [-0.2, -0.15) is 0 Å². The van der Waals surface area contributed by atoms with Gasteiger partial charge in [0.25, 0.3) is 0 Å². The van der Waals surface area contributed by atoms with Crippen LogP contribution in [-0.2, 0) is 6.54 Å². The van der Waals surface area contributed by atoms with Crippen molar-refractivity contribution in [1.82, 2.24) is 5.32 Å². The van der Waals surface area contributed by atoms with Gasteiger partial charge in [0.2, 0.25) is 0 Å². The quantitative estimate of drug-likeness (QED) is 0.648. The van der Waals surface area contributed by atoms with E-state index < -0.39 is 0 Å². The van der Waals surface area contributed by atoms with Crippen LogP contribution in [0.15, 0.2) is 30.3 Å². The first-order valence-corrected chi connectivity index (χ1v) is 8.80. The Morgan fingerprint density at radius 2 is 1.81 bits per heavy atom. The number of hydrogen-bond donors (Lipinski definition) is 1. The van der Waals surface area contributed by atoms with E-state index in [-0.39, 0.29) is 0 Å². The summed E-state index contributed by atoms with van der Waals surface area (Å²) >= 11 is 0. The Bertz CT molecular complexity index is 390. The van der Waals surface area contributed by atoms with E-state index in [1.807, 2.05) is 0 Å². The highest BCUT2D eigenvalue weighted by atomic mass is 14.9. The topological polar surface area (TPSA) is 12.0 Å². The summed E-state index contributed by atoms with van der Waals surface area (Å²) in [6, 6.07) is 11.5. The van der Waals surface area contributed by atoms with Crippen LogP contribution < -0.4 is 5.32 Å². The van der Waals surface area contributed by atoms with Crippen LogP contribution in [0.25, 0.3) is 0 Å². The normalized spacial score (nSPS) is 22.6. The summed E-state index contributed by atoms with van der Waals surface area (Å²) in [5, 5.41) is 3.74. The second-order valence-corrected chi connectivity index (χ2v) is 8.05. The third kappa shape index (κ3) is 6.65. The molecule has 21 heavy (non-hydrogen) atoms. The number of unbranched alkanes of at least 4 members (excludes halogenated alkanes) is 1. The van der Waals surface area contributed by atoms with Gasteiger partial charge >= 0.3 is 0 Å². The molecule has 0 heterocycles. The van der Waals surface area contributed by atoms with E-state index >= 15 is 0 Å². The molecule has 1 aliphatic carbocycles. The zero-order valence-corrected chi connectivity index (χ0v) is 14.2. The van der Waals surface area contributed by atoms with Gasteiger partial charge in [0, 0.05) is 12.6 Å². The van der Waals surface area contributed by atoms with E-state index in [4.69, 9.17) is 0 Å². The van der Waals surface area contributed by atoms with Crippen LogP contribution in [0.1, 0.15) is 71.3 Å². The molecule has 1 heteroatoms. The summed E-state index contributed by atoms with van der Waals surface area (Å²) in [7, 11) is 0. The molecule has 0 spiro atoms. The molecule has 1 unspecified atom stereocenters. The fraction of sp³-hybridized carbons (Fsp3) is 0.700. The van der Waals surface area contributed by atoms with Crippen molar-refractivity contribution in [3.8, 4) is 0 Å².